The normalized spacial score (nSPS) is 10.7. The molecular formula is C69H70N12O5. The van der Waals surface area contributed by atoms with Gasteiger partial charge in [-0.05, 0) is 187 Å². The molecule has 1 amide bonds. The molecule has 17 heteroatoms. The van der Waals surface area contributed by atoms with Gasteiger partial charge in [0.25, 0.3) is 5.91 Å². The first-order chi connectivity index (χ1) is 41.4. The molecule has 436 valence electrons. The summed E-state index contributed by atoms with van der Waals surface area (Å²) in [6.45, 7) is 20.1. The number of para-hydroxylation sites is 8. The molecule has 7 aromatic carbocycles. The SMILES string of the molecule is CCCC(=O)c1nc2ccccc2nc1Nc1cc(C)cc(C)c1.CCCC(=O)c1nc2ccccc2nc1Nc1cc(C)cc(C)c1.CCOC(=O)c1nc2ccccc2nc1C.Cc1cc(C)cc(Nc2nc3ccccc3nc2C(N)=O)c1. The number of carbonyl (C=O) groups is 4. The van der Waals surface area contributed by atoms with Crippen LogP contribution in [0.25, 0.3) is 44.1 Å². The monoisotopic (exact) mass is 1150 g/mol. The van der Waals surface area contributed by atoms with Crippen LogP contribution in [0.4, 0.5) is 34.5 Å². The van der Waals surface area contributed by atoms with Crippen molar-refractivity contribution in [3.05, 3.63) is 214 Å². The Morgan fingerprint density at radius 1 is 0.372 bits per heavy atom. The van der Waals surface area contributed by atoms with Gasteiger partial charge in [0, 0.05) is 29.9 Å². The van der Waals surface area contributed by atoms with Gasteiger partial charge in [-0.1, -0.05) is 80.6 Å². The van der Waals surface area contributed by atoms with Crippen LogP contribution in [0.1, 0.15) is 127 Å². The van der Waals surface area contributed by atoms with E-state index in [1.165, 1.54) is 0 Å². The third kappa shape index (κ3) is 16.2. The molecule has 11 rings (SSSR count). The van der Waals surface area contributed by atoms with E-state index in [4.69, 9.17) is 10.5 Å². The van der Waals surface area contributed by atoms with E-state index in [9.17, 15) is 19.2 Å². The van der Waals surface area contributed by atoms with Gasteiger partial charge < -0.3 is 26.4 Å². The van der Waals surface area contributed by atoms with Crippen molar-refractivity contribution in [2.75, 3.05) is 22.6 Å². The highest BCUT2D eigenvalue weighted by atomic mass is 16.5. The summed E-state index contributed by atoms with van der Waals surface area (Å²) in [7, 11) is 0. The lowest BCUT2D eigenvalue weighted by Gasteiger charge is -2.12. The van der Waals surface area contributed by atoms with E-state index in [0.717, 1.165) is 90.9 Å². The Morgan fingerprint density at radius 3 is 0.930 bits per heavy atom. The number of esters is 1. The first-order valence-electron chi connectivity index (χ1n) is 28.5. The number of anilines is 6. The highest BCUT2D eigenvalue weighted by molar-refractivity contribution is 6.02. The number of ketones is 2. The summed E-state index contributed by atoms with van der Waals surface area (Å²) in [6.07, 6.45) is 2.51. The number of nitrogens with two attached hydrogens (primary N) is 1. The highest BCUT2D eigenvalue weighted by Gasteiger charge is 2.20. The summed E-state index contributed by atoms with van der Waals surface area (Å²) >= 11 is 0. The summed E-state index contributed by atoms with van der Waals surface area (Å²) in [5.41, 5.74) is 22.7. The van der Waals surface area contributed by atoms with Gasteiger partial charge in [0.1, 0.15) is 11.4 Å². The number of benzene rings is 7. The summed E-state index contributed by atoms with van der Waals surface area (Å²) in [4.78, 5) is 84.0. The van der Waals surface area contributed by atoms with Crippen LogP contribution >= 0.6 is 0 Å². The van der Waals surface area contributed by atoms with Crippen molar-refractivity contribution in [3.8, 4) is 0 Å². The minimum Gasteiger partial charge on any atom is -0.461 e. The van der Waals surface area contributed by atoms with Gasteiger partial charge >= 0.3 is 5.97 Å². The fourth-order valence-corrected chi connectivity index (χ4v) is 9.54. The van der Waals surface area contributed by atoms with E-state index >= 15 is 0 Å². The third-order valence-corrected chi connectivity index (χ3v) is 13.1. The minimum atomic E-state index is -0.606. The fraction of sp³-hybridized carbons (Fsp3) is 0.217. The van der Waals surface area contributed by atoms with Crippen molar-refractivity contribution >= 4 is 102 Å². The van der Waals surface area contributed by atoms with E-state index in [0.29, 0.717) is 76.2 Å². The van der Waals surface area contributed by atoms with Crippen molar-refractivity contribution in [2.45, 2.75) is 94.9 Å². The lowest BCUT2D eigenvalue weighted by Crippen LogP contribution is -2.16. The van der Waals surface area contributed by atoms with Crippen LogP contribution in [0.15, 0.2) is 152 Å². The van der Waals surface area contributed by atoms with Crippen LogP contribution in [0.5, 0.6) is 0 Å². The second-order valence-electron chi connectivity index (χ2n) is 20.8. The van der Waals surface area contributed by atoms with Crippen molar-refractivity contribution in [1.29, 1.82) is 0 Å². The molecule has 0 atom stereocenters. The highest BCUT2D eigenvalue weighted by Crippen LogP contribution is 2.28. The first-order valence-corrected chi connectivity index (χ1v) is 28.5. The molecule has 17 nitrogen and oxygen atoms in total. The van der Waals surface area contributed by atoms with Gasteiger partial charge in [-0.25, -0.2) is 44.7 Å². The largest absolute Gasteiger partial charge is 0.461 e. The van der Waals surface area contributed by atoms with Crippen LogP contribution < -0.4 is 21.7 Å². The topological polar surface area (TPSA) is 243 Å². The number of Topliss-reactive ketones (excluding diaryl/α,β-unsaturated/α-hetero) is 2. The summed E-state index contributed by atoms with van der Waals surface area (Å²) in [5.74, 6) is 0.430. The predicted molar refractivity (Wildman–Crippen MR) is 343 cm³/mol. The van der Waals surface area contributed by atoms with Crippen LogP contribution in [-0.4, -0.2) is 69.9 Å². The molecule has 0 aliphatic heterocycles. The number of aromatic nitrogens is 8. The Balaban J connectivity index is 0.000000151. The van der Waals surface area contributed by atoms with Crippen molar-refractivity contribution in [1.82, 2.24) is 39.9 Å². The van der Waals surface area contributed by atoms with Crippen molar-refractivity contribution < 1.29 is 23.9 Å². The maximum Gasteiger partial charge on any atom is 0.358 e. The van der Waals surface area contributed by atoms with Gasteiger partial charge in [0.2, 0.25) is 0 Å². The lowest BCUT2D eigenvalue weighted by molar-refractivity contribution is 0.0518. The predicted octanol–water partition coefficient (Wildman–Crippen LogP) is 15.2. The van der Waals surface area contributed by atoms with Gasteiger partial charge in [-0.3, -0.25) is 14.4 Å². The maximum atomic E-state index is 12.5. The molecule has 0 bridgehead atoms. The number of rotatable bonds is 15. The van der Waals surface area contributed by atoms with Gasteiger partial charge in [-0.2, -0.15) is 0 Å². The second kappa shape index (κ2) is 28.7. The molecule has 4 heterocycles. The molecule has 0 aliphatic carbocycles. The molecule has 0 radical (unpaired) electrons. The molecule has 0 unspecified atom stereocenters. The number of nitrogens with zero attached hydrogens (tertiary/aromatic N) is 8. The molecule has 86 heavy (non-hydrogen) atoms. The van der Waals surface area contributed by atoms with Crippen LogP contribution in [0.3, 0.4) is 0 Å². The standard InChI is InChI=1S/2C20H21N3O.C17H16N4O.C12H12N2O2/c2*1-4-7-18(24)19-20(21-15-11-13(2)10-14(3)12-15)23-17-9-6-5-8-16(17)22-19;1-10-7-11(2)9-12(8-10)19-17-15(16(18)22)20-13-5-3-4-6-14(13)21-17;1-3-16-12(15)11-8(2)13-9-6-4-5-7-10(9)14-11/h2*5-6,8-12H,4,7H2,1-3H3,(H,21,23);3-9H,1-2H3,(H2,18,22)(H,19,21);4-7H,3H2,1-2H3. The molecule has 5 N–H and O–H groups in total. The number of fused-ring (bicyclic) bond motifs is 4. The van der Waals surface area contributed by atoms with Crippen LogP contribution in [-0.2, 0) is 4.74 Å². The number of nitrogens with one attached hydrogen (secondary N) is 3. The second-order valence-corrected chi connectivity index (χ2v) is 20.8. The Labute approximate surface area is 500 Å². The Hall–Kier alpha value is -10.4. The lowest BCUT2D eigenvalue weighted by atomic mass is 10.1. The number of carbonyl (C=O) groups excluding carboxylic acids is 4. The Bertz CT molecular complexity index is 4090. The van der Waals surface area contributed by atoms with E-state index < -0.39 is 11.9 Å². The number of aryl methyl sites for hydroxylation is 7. The zero-order valence-corrected chi connectivity index (χ0v) is 50.2. The summed E-state index contributed by atoms with van der Waals surface area (Å²) in [6, 6.07) is 48.5. The number of ether oxygens (including phenoxy) is 1. The molecule has 0 saturated heterocycles. The van der Waals surface area contributed by atoms with Gasteiger partial charge in [0.15, 0.2) is 40.4 Å². The van der Waals surface area contributed by atoms with Gasteiger partial charge in [-0.15, -0.1) is 0 Å². The van der Waals surface area contributed by atoms with Crippen LogP contribution in [0.2, 0.25) is 0 Å². The molecule has 11 aromatic rings. The van der Waals surface area contributed by atoms with Crippen molar-refractivity contribution in [3.63, 3.8) is 0 Å². The maximum absolute atomic E-state index is 12.5. The molecule has 4 aromatic heterocycles. The van der Waals surface area contributed by atoms with E-state index in [1.54, 1.807) is 19.9 Å². The smallest absolute Gasteiger partial charge is 0.358 e. The number of amides is 1. The fourth-order valence-electron chi connectivity index (χ4n) is 9.54. The van der Waals surface area contributed by atoms with Crippen LogP contribution in [0, 0.1) is 48.5 Å². The van der Waals surface area contributed by atoms with E-state index in [1.807, 2.05) is 183 Å². The average Bonchev–Trinajstić information content (AvgIpc) is 2.22. The van der Waals surface area contributed by atoms with E-state index in [-0.39, 0.29) is 17.3 Å². The number of hydrogen-bond acceptors (Lipinski definition) is 16. The number of hydrogen-bond donors (Lipinski definition) is 4. The Morgan fingerprint density at radius 2 is 0.640 bits per heavy atom. The average molecular weight is 1150 g/mol. The minimum absolute atomic E-state index is 0.0163. The third-order valence-electron chi connectivity index (χ3n) is 13.1. The summed E-state index contributed by atoms with van der Waals surface area (Å²) < 4.78 is 4.92. The first kappa shape index (κ1) is 61.6. The quantitative estimate of drug-likeness (QED) is 0.0551. The Kier molecular flexibility index (Phi) is 20.6. The molecular weight excluding hydrogens is 1080 g/mol. The molecule has 0 spiro atoms. The zero-order chi connectivity index (χ0) is 61.4. The van der Waals surface area contributed by atoms with E-state index in [2.05, 4.69) is 74.0 Å². The zero-order valence-electron chi connectivity index (χ0n) is 50.2. The van der Waals surface area contributed by atoms with Crippen molar-refractivity contribution in [2.24, 2.45) is 5.73 Å². The molecule has 0 saturated carbocycles. The number of primary amides is 1. The molecule has 0 aliphatic rings. The molecule has 0 fully saturated rings. The summed E-state index contributed by atoms with van der Waals surface area (Å²) in [5, 5.41) is 9.74. The van der Waals surface area contributed by atoms with Gasteiger partial charge in [0.05, 0.1) is 56.4 Å².